The molecule has 0 unspecified atom stereocenters. The normalized spacial score (nSPS) is 11.0. The molecule has 0 aliphatic carbocycles. The summed E-state index contributed by atoms with van der Waals surface area (Å²) in [5.74, 6) is -1.09. The van der Waals surface area contributed by atoms with E-state index in [0.29, 0.717) is 4.88 Å². The second-order valence-electron chi connectivity index (χ2n) is 4.58. The molecule has 0 aliphatic rings. The first kappa shape index (κ1) is 18.7. The van der Waals surface area contributed by atoms with E-state index in [4.69, 9.17) is 11.6 Å². The molecule has 0 fully saturated rings. The standard InChI is InChI=1S/C13H11BrClN3O4S2/c1-24(21,22)18-9-6-7(2-3-8(9)15)12(19)16-17-13(20)10-4-5-11(14)23-10/h2-6,18H,1H3,(H,16,19)(H,17,20). The first-order valence-corrected chi connectivity index (χ1v) is 10.2. The molecule has 1 heterocycles. The molecular weight excluding hydrogens is 442 g/mol. The Bertz CT molecular complexity index is 898. The van der Waals surface area contributed by atoms with Gasteiger partial charge in [-0.15, -0.1) is 11.3 Å². The maximum absolute atomic E-state index is 12.1. The number of rotatable bonds is 4. The number of thiophene rings is 1. The number of nitrogens with one attached hydrogen (secondary N) is 3. The summed E-state index contributed by atoms with van der Waals surface area (Å²) >= 11 is 10.3. The van der Waals surface area contributed by atoms with E-state index in [1.165, 1.54) is 29.5 Å². The van der Waals surface area contributed by atoms with Gasteiger partial charge in [0.15, 0.2) is 0 Å². The Morgan fingerprint density at radius 1 is 1.12 bits per heavy atom. The van der Waals surface area contributed by atoms with E-state index in [-0.39, 0.29) is 16.3 Å². The Balaban J connectivity index is 2.07. The summed E-state index contributed by atoms with van der Waals surface area (Å²) in [7, 11) is -3.54. The monoisotopic (exact) mass is 451 g/mol. The zero-order chi connectivity index (χ0) is 17.9. The van der Waals surface area contributed by atoms with Gasteiger partial charge in [0.2, 0.25) is 10.0 Å². The Kier molecular flexibility index (Phi) is 5.86. The van der Waals surface area contributed by atoms with Crippen molar-refractivity contribution in [3.8, 4) is 0 Å². The number of hydrazine groups is 1. The summed E-state index contributed by atoms with van der Waals surface area (Å²) in [5.41, 5.74) is 4.71. The van der Waals surface area contributed by atoms with E-state index in [1.54, 1.807) is 12.1 Å². The van der Waals surface area contributed by atoms with Crippen LogP contribution in [0.1, 0.15) is 20.0 Å². The third-order valence-electron chi connectivity index (χ3n) is 2.61. The number of sulfonamides is 1. The lowest BCUT2D eigenvalue weighted by atomic mass is 10.2. The number of amides is 2. The van der Waals surface area contributed by atoms with Crippen molar-refractivity contribution in [3.05, 3.63) is 49.6 Å². The van der Waals surface area contributed by atoms with Crippen molar-refractivity contribution in [2.24, 2.45) is 0 Å². The maximum atomic E-state index is 12.1. The molecule has 0 bridgehead atoms. The van der Waals surface area contributed by atoms with Gasteiger partial charge >= 0.3 is 0 Å². The number of hydrogen-bond acceptors (Lipinski definition) is 5. The van der Waals surface area contributed by atoms with Gasteiger partial charge in [-0.3, -0.25) is 25.2 Å². The van der Waals surface area contributed by atoms with E-state index < -0.39 is 21.8 Å². The molecule has 0 aliphatic heterocycles. The second-order valence-corrected chi connectivity index (χ2v) is 9.20. The molecule has 24 heavy (non-hydrogen) atoms. The minimum absolute atomic E-state index is 0.0698. The summed E-state index contributed by atoms with van der Waals surface area (Å²) < 4.78 is 25.5. The van der Waals surface area contributed by atoms with Crippen LogP contribution in [-0.2, 0) is 10.0 Å². The van der Waals surface area contributed by atoms with Crippen molar-refractivity contribution < 1.29 is 18.0 Å². The summed E-state index contributed by atoms with van der Waals surface area (Å²) in [4.78, 5) is 24.3. The lowest BCUT2D eigenvalue weighted by Gasteiger charge is -2.10. The Labute approximate surface area is 155 Å². The van der Waals surface area contributed by atoms with Crippen LogP contribution in [0, 0.1) is 0 Å². The van der Waals surface area contributed by atoms with Crippen molar-refractivity contribution in [3.63, 3.8) is 0 Å². The van der Waals surface area contributed by atoms with Crippen LogP contribution < -0.4 is 15.6 Å². The molecule has 1 aromatic carbocycles. The lowest BCUT2D eigenvalue weighted by Crippen LogP contribution is -2.41. The van der Waals surface area contributed by atoms with Crippen LogP contribution in [0.5, 0.6) is 0 Å². The molecule has 128 valence electrons. The molecule has 0 saturated carbocycles. The predicted octanol–water partition coefficient (Wildman–Crippen LogP) is 2.61. The molecule has 0 radical (unpaired) electrons. The zero-order valence-electron chi connectivity index (χ0n) is 12.1. The van der Waals surface area contributed by atoms with Crippen LogP contribution in [0.4, 0.5) is 5.69 Å². The van der Waals surface area contributed by atoms with E-state index in [9.17, 15) is 18.0 Å². The zero-order valence-corrected chi connectivity index (χ0v) is 16.1. The minimum atomic E-state index is -3.54. The van der Waals surface area contributed by atoms with Gasteiger partial charge in [0.1, 0.15) is 0 Å². The largest absolute Gasteiger partial charge is 0.282 e. The van der Waals surface area contributed by atoms with Crippen molar-refractivity contribution in [1.29, 1.82) is 0 Å². The Hall–Kier alpha value is -1.62. The molecule has 7 nitrogen and oxygen atoms in total. The molecule has 0 spiro atoms. The van der Waals surface area contributed by atoms with E-state index in [0.717, 1.165) is 10.0 Å². The van der Waals surface area contributed by atoms with E-state index in [1.807, 2.05) is 0 Å². The van der Waals surface area contributed by atoms with E-state index in [2.05, 4.69) is 31.5 Å². The quantitative estimate of drug-likeness (QED) is 0.620. The number of halogens is 2. The highest BCUT2D eigenvalue weighted by Gasteiger charge is 2.13. The average molecular weight is 453 g/mol. The topological polar surface area (TPSA) is 104 Å². The Morgan fingerprint density at radius 2 is 1.79 bits per heavy atom. The fourth-order valence-electron chi connectivity index (χ4n) is 1.63. The van der Waals surface area contributed by atoms with Gasteiger partial charge in [0.25, 0.3) is 11.8 Å². The third kappa shape index (κ3) is 5.20. The third-order valence-corrected chi connectivity index (χ3v) is 5.15. The van der Waals surface area contributed by atoms with Gasteiger partial charge in [0.05, 0.1) is 25.6 Å². The molecule has 1 aromatic heterocycles. The summed E-state index contributed by atoms with van der Waals surface area (Å²) in [6, 6.07) is 7.37. The first-order valence-electron chi connectivity index (χ1n) is 6.29. The molecule has 2 rings (SSSR count). The summed E-state index contributed by atoms with van der Waals surface area (Å²) in [6.45, 7) is 0. The smallest absolute Gasteiger partial charge is 0.279 e. The van der Waals surface area contributed by atoms with Crippen LogP contribution in [-0.4, -0.2) is 26.5 Å². The molecular formula is C13H11BrClN3O4S2. The molecule has 2 amide bonds. The van der Waals surface area contributed by atoms with Crippen molar-refractivity contribution in [2.75, 3.05) is 11.0 Å². The fourth-order valence-corrected chi connectivity index (χ4v) is 3.70. The van der Waals surface area contributed by atoms with E-state index >= 15 is 0 Å². The number of hydrogen-bond donors (Lipinski definition) is 3. The van der Waals surface area contributed by atoms with Crippen molar-refractivity contribution in [2.45, 2.75) is 0 Å². The molecule has 3 N–H and O–H groups in total. The van der Waals surface area contributed by atoms with Gasteiger partial charge in [-0.2, -0.15) is 0 Å². The van der Waals surface area contributed by atoms with Crippen LogP contribution >= 0.6 is 38.9 Å². The number of benzene rings is 1. The highest BCUT2D eigenvalue weighted by molar-refractivity contribution is 9.11. The summed E-state index contributed by atoms with van der Waals surface area (Å²) in [5, 5.41) is 0.143. The van der Waals surface area contributed by atoms with Gasteiger partial charge in [0, 0.05) is 5.56 Å². The molecule has 11 heteroatoms. The van der Waals surface area contributed by atoms with Crippen LogP contribution in [0.15, 0.2) is 34.1 Å². The minimum Gasteiger partial charge on any atom is -0.282 e. The SMILES string of the molecule is CS(=O)(=O)Nc1cc(C(=O)NNC(=O)c2ccc(Br)s2)ccc1Cl. The number of carbonyl (C=O) groups is 2. The lowest BCUT2D eigenvalue weighted by molar-refractivity contribution is 0.0849. The van der Waals surface area contributed by atoms with Crippen LogP contribution in [0.25, 0.3) is 0 Å². The highest BCUT2D eigenvalue weighted by atomic mass is 79.9. The average Bonchev–Trinajstić information content (AvgIpc) is 2.92. The fraction of sp³-hybridized carbons (Fsp3) is 0.0769. The first-order chi connectivity index (χ1) is 11.2. The number of anilines is 1. The summed E-state index contributed by atoms with van der Waals surface area (Å²) in [6.07, 6.45) is 0.968. The molecule has 0 atom stereocenters. The second kappa shape index (κ2) is 7.51. The Morgan fingerprint density at radius 3 is 2.38 bits per heavy atom. The predicted molar refractivity (Wildman–Crippen MR) is 96.9 cm³/mol. The molecule has 2 aromatic rings. The van der Waals surface area contributed by atoms with Crippen LogP contribution in [0.2, 0.25) is 5.02 Å². The highest BCUT2D eigenvalue weighted by Crippen LogP contribution is 2.24. The number of carbonyl (C=O) groups excluding carboxylic acids is 2. The maximum Gasteiger partial charge on any atom is 0.279 e. The van der Waals surface area contributed by atoms with Crippen molar-refractivity contribution >= 4 is 66.4 Å². The van der Waals surface area contributed by atoms with Gasteiger partial charge in [-0.25, -0.2) is 8.42 Å². The van der Waals surface area contributed by atoms with Gasteiger partial charge in [-0.1, -0.05) is 11.6 Å². The van der Waals surface area contributed by atoms with Crippen molar-refractivity contribution in [1.82, 2.24) is 10.9 Å². The van der Waals surface area contributed by atoms with Crippen LogP contribution in [0.3, 0.4) is 0 Å². The van der Waals surface area contributed by atoms with Gasteiger partial charge < -0.3 is 0 Å². The molecule has 0 saturated heterocycles. The van der Waals surface area contributed by atoms with Gasteiger partial charge in [-0.05, 0) is 46.3 Å².